The molecule has 5 heteroatoms. The van der Waals surface area contributed by atoms with Crippen molar-refractivity contribution in [2.45, 2.75) is 0 Å². The number of fused-ring (bicyclic) bond motifs is 2. The van der Waals surface area contributed by atoms with Crippen molar-refractivity contribution in [3.63, 3.8) is 0 Å². The molecule has 37 heavy (non-hydrogen) atoms. The summed E-state index contributed by atoms with van der Waals surface area (Å²) >= 11 is 0. The fourth-order valence-corrected chi connectivity index (χ4v) is 5.06. The van der Waals surface area contributed by atoms with E-state index in [0.717, 1.165) is 51.1 Å². The molecule has 2 aliphatic heterocycles. The number of benzene rings is 5. The van der Waals surface area contributed by atoms with Crippen LogP contribution in [0.25, 0.3) is 5.70 Å². The smallest absolute Gasteiger partial charge is 0.0756 e. The maximum absolute atomic E-state index is 3.29. The Balaban J connectivity index is 1.27. The van der Waals surface area contributed by atoms with Gasteiger partial charge in [-0.1, -0.05) is 72.8 Å². The quantitative estimate of drug-likeness (QED) is 0.270. The Morgan fingerprint density at radius 2 is 0.838 bits per heavy atom. The molecule has 5 aromatic carbocycles. The molecule has 0 aliphatic carbocycles. The first-order valence-electron chi connectivity index (χ1n) is 12.4. The SMILES string of the molecule is C1=C(c2ccc(N3c4ccccc4N(c4ccccc4)c4ccccc43)cc2)NNN1c1ccccc1. The van der Waals surface area contributed by atoms with E-state index in [9.17, 15) is 0 Å². The summed E-state index contributed by atoms with van der Waals surface area (Å²) in [6.07, 6.45) is 2.08. The van der Waals surface area contributed by atoms with Gasteiger partial charge in [0, 0.05) is 23.1 Å². The van der Waals surface area contributed by atoms with Gasteiger partial charge in [-0.25, -0.2) is 0 Å². The lowest BCUT2D eigenvalue weighted by Gasteiger charge is -2.40. The molecule has 0 atom stereocenters. The first-order chi connectivity index (χ1) is 18.4. The molecule has 0 bridgehead atoms. The Bertz CT molecular complexity index is 1530. The normalized spacial score (nSPS) is 14.1. The molecule has 178 valence electrons. The van der Waals surface area contributed by atoms with E-state index in [1.807, 2.05) is 23.2 Å². The number of rotatable bonds is 4. The second-order valence-corrected chi connectivity index (χ2v) is 9.02. The van der Waals surface area contributed by atoms with Crippen molar-refractivity contribution >= 4 is 45.5 Å². The molecule has 0 radical (unpaired) electrons. The van der Waals surface area contributed by atoms with E-state index in [4.69, 9.17) is 0 Å². The minimum Gasteiger partial charge on any atom is -0.306 e. The van der Waals surface area contributed by atoms with E-state index in [0.29, 0.717) is 0 Å². The van der Waals surface area contributed by atoms with Crippen molar-refractivity contribution in [2.24, 2.45) is 0 Å². The van der Waals surface area contributed by atoms with Gasteiger partial charge in [-0.3, -0.25) is 5.01 Å². The van der Waals surface area contributed by atoms with Crippen LogP contribution in [0.15, 0.2) is 140 Å². The molecule has 0 fully saturated rings. The number of nitrogens with zero attached hydrogens (tertiary/aromatic N) is 3. The van der Waals surface area contributed by atoms with Gasteiger partial charge >= 0.3 is 0 Å². The van der Waals surface area contributed by atoms with Gasteiger partial charge in [-0.15, -0.1) is 5.53 Å². The predicted octanol–water partition coefficient (Wildman–Crippen LogP) is 7.77. The van der Waals surface area contributed by atoms with Gasteiger partial charge in [-0.2, -0.15) is 0 Å². The lowest BCUT2D eigenvalue weighted by Crippen LogP contribution is -2.36. The van der Waals surface area contributed by atoms with Crippen LogP contribution in [0.2, 0.25) is 0 Å². The van der Waals surface area contributed by atoms with Gasteiger partial charge in [0.25, 0.3) is 0 Å². The summed E-state index contributed by atoms with van der Waals surface area (Å²) < 4.78 is 0. The number of hydrazine groups is 2. The molecule has 0 unspecified atom stereocenters. The molecule has 5 aromatic rings. The lowest BCUT2D eigenvalue weighted by molar-refractivity contribution is 0.689. The van der Waals surface area contributed by atoms with Crippen molar-refractivity contribution in [3.8, 4) is 0 Å². The minimum absolute atomic E-state index is 1.02. The molecule has 0 spiro atoms. The highest BCUT2D eigenvalue weighted by Crippen LogP contribution is 2.53. The summed E-state index contributed by atoms with van der Waals surface area (Å²) in [6, 6.07) is 46.7. The third-order valence-corrected chi connectivity index (χ3v) is 6.78. The third kappa shape index (κ3) is 3.69. The summed E-state index contributed by atoms with van der Waals surface area (Å²) in [6.45, 7) is 0. The van der Waals surface area contributed by atoms with Gasteiger partial charge < -0.3 is 15.2 Å². The number of para-hydroxylation sites is 6. The zero-order chi connectivity index (χ0) is 24.6. The molecule has 5 nitrogen and oxygen atoms in total. The molecule has 0 amide bonds. The largest absolute Gasteiger partial charge is 0.306 e. The second-order valence-electron chi connectivity index (χ2n) is 9.02. The fraction of sp³-hybridized carbons (Fsp3) is 0. The van der Waals surface area contributed by atoms with E-state index < -0.39 is 0 Å². The Morgan fingerprint density at radius 3 is 1.35 bits per heavy atom. The Hall–Kier alpha value is -5.00. The van der Waals surface area contributed by atoms with Crippen molar-refractivity contribution in [1.82, 2.24) is 11.0 Å². The van der Waals surface area contributed by atoms with E-state index in [2.05, 4.69) is 142 Å². The monoisotopic (exact) mass is 479 g/mol. The maximum Gasteiger partial charge on any atom is 0.0756 e. The van der Waals surface area contributed by atoms with E-state index in [1.165, 1.54) is 0 Å². The van der Waals surface area contributed by atoms with Crippen LogP contribution >= 0.6 is 0 Å². The van der Waals surface area contributed by atoms with Gasteiger partial charge in [-0.05, 0) is 60.7 Å². The first-order valence-corrected chi connectivity index (χ1v) is 12.4. The van der Waals surface area contributed by atoms with Gasteiger partial charge in [0.2, 0.25) is 0 Å². The van der Waals surface area contributed by atoms with Crippen LogP contribution < -0.4 is 25.8 Å². The number of hydrogen-bond donors (Lipinski definition) is 2. The molecule has 7 rings (SSSR count). The van der Waals surface area contributed by atoms with Crippen LogP contribution in [-0.4, -0.2) is 0 Å². The van der Waals surface area contributed by atoms with Crippen LogP contribution in [0.3, 0.4) is 0 Å². The molecule has 2 heterocycles. The number of hydrogen-bond acceptors (Lipinski definition) is 5. The summed E-state index contributed by atoms with van der Waals surface area (Å²) in [5, 5.41) is 1.98. The highest BCUT2D eigenvalue weighted by Gasteiger charge is 2.29. The standard InChI is InChI=1S/C32H25N5/c1-3-11-25(12-4-1)35-23-28(33-34-35)24-19-21-27(22-20-24)37-31-17-9-7-15-29(31)36(26-13-5-2-6-14-26)30-16-8-10-18-32(30)37/h1-23,33-34H. The first kappa shape index (κ1) is 21.3. The number of anilines is 7. The van der Waals surface area contributed by atoms with Crippen molar-refractivity contribution < 1.29 is 0 Å². The van der Waals surface area contributed by atoms with Gasteiger partial charge in [0.05, 0.1) is 34.1 Å². The highest BCUT2D eigenvalue weighted by molar-refractivity contribution is 6.01. The predicted molar refractivity (Wildman–Crippen MR) is 153 cm³/mol. The lowest BCUT2D eigenvalue weighted by atomic mass is 10.0. The van der Waals surface area contributed by atoms with Crippen LogP contribution in [0, 0.1) is 0 Å². The fourth-order valence-electron chi connectivity index (χ4n) is 5.06. The van der Waals surface area contributed by atoms with Gasteiger partial charge in [0.15, 0.2) is 0 Å². The van der Waals surface area contributed by atoms with Crippen molar-refractivity contribution in [1.29, 1.82) is 0 Å². The van der Waals surface area contributed by atoms with Crippen LogP contribution in [0.1, 0.15) is 5.56 Å². The van der Waals surface area contributed by atoms with Crippen LogP contribution in [0.4, 0.5) is 39.8 Å². The average molecular weight is 480 g/mol. The summed E-state index contributed by atoms with van der Waals surface area (Å²) in [4.78, 5) is 4.69. The third-order valence-electron chi connectivity index (χ3n) is 6.78. The van der Waals surface area contributed by atoms with E-state index in [-0.39, 0.29) is 0 Å². The molecular formula is C32H25N5. The van der Waals surface area contributed by atoms with Crippen LogP contribution in [0.5, 0.6) is 0 Å². The topological polar surface area (TPSA) is 33.8 Å². The summed E-state index contributed by atoms with van der Waals surface area (Å²) in [7, 11) is 0. The average Bonchev–Trinajstić information content (AvgIpc) is 3.47. The van der Waals surface area contributed by atoms with Crippen molar-refractivity contribution in [3.05, 3.63) is 145 Å². The molecule has 0 saturated carbocycles. The highest BCUT2D eigenvalue weighted by atomic mass is 15.7. The van der Waals surface area contributed by atoms with Crippen LogP contribution in [-0.2, 0) is 0 Å². The molecule has 0 aromatic heterocycles. The zero-order valence-electron chi connectivity index (χ0n) is 20.1. The summed E-state index contributed by atoms with van der Waals surface area (Å²) in [5.74, 6) is 0. The second kappa shape index (κ2) is 8.90. The molecule has 2 N–H and O–H groups in total. The van der Waals surface area contributed by atoms with Crippen molar-refractivity contribution in [2.75, 3.05) is 14.8 Å². The number of nitrogens with one attached hydrogen (secondary N) is 2. The van der Waals surface area contributed by atoms with E-state index in [1.54, 1.807) is 0 Å². The van der Waals surface area contributed by atoms with E-state index >= 15 is 0 Å². The Kier molecular flexibility index (Phi) is 5.12. The maximum atomic E-state index is 3.29. The molecule has 0 saturated heterocycles. The minimum atomic E-state index is 1.02. The Morgan fingerprint density at radius 1 is 0.405 bits per heavy atom. The summed E-state index contributed by atoms with van der Waals surface area (Å²) in [5.41, 5.74) is 16.6. The van der Waals surface area contributed by atoms with Gasteiger partial charge in [0.1, 0.15) is 0 Å². The zero-order valence-corrected chi connectivity index (χ0v) is 20.1. The molecule has 2 aliphatic rings. The Labute approximate surface area is 216 Å². The molecular weight excluding hydrogens is 454 g/mol.